The van der Waals surface area contributed by atoms with Crippen LogP contribution in [0.1, 0.15) is 6.92 Å². The summed E-state index contributed by atoms with van der Waals surface area (Å²) in [6.45, 7) is 1.91. The Hall–Kier alpha value is -2.80. The predicted molar refractivity (Wildman–Crippen MR) is 107 cm³/mol. The molecular weight excluding hydrogens is 348 g/mol. The monoisotopic (exact) mass is 372 g/mol. The Morgan fingerprint density at radius 3 is 2.12 bits per heavy atom. The molecule has 0 aliphatic rings. The summed E-state index contributed by atoms with van der Waals surface area (Å²) in [5.74, 6) is 0.399. The van der Waals surface area contributed by atoms with Gasteiger partial charge in [-0.25, -0.2) is 14.3 Å². The smallest absolute Gasteiger partial charge is 0.325 e. The summed E-state index contributed by atoms with van der Waals surface area (Å²) in [7, 11) is -4.07. The molecule has 0 atom stereocenters. The van der Waals surface area contributed by atoms with Crippen LogP contribution in [0.25, 0.3) is 11.0 Å². The molecule has 4 N–H and O–H groups in total. The zero-order valence-electron chi connectivity index (χ0n) is 15.2. The Labute approximate surface area is 151 Å². The largest absolute Gasteiger partial charge is 0.362 e. The topological polar surface area (TPSA) is 104 Å². The zero-order valence-corrected chi connectivity index (χ0v) is 16.0. The van der Waals surface area contributed by atoms with E-state index in [-0.39, 0.29) is 0 Å². The Morgan fingerprint density at radius 1 is 1.00 bits per heavy atom. The van der Waals surface area contributed by atoms with Gasteiger partial charge in [0, 0.05) is 0 Å². The van der Waals surface area contributed by atoms with Crippen molar-refractivity contribution in [2.75, 3.05) is 18.3 Å². The van der Waals surface area contributed by atoms with Gasteiger partial charge in [0.05, 0.1) is 11.0 Å². The van der Waals surface area contributed by atoms with E-state index in [0.717, 1.165) is 4.90 Å². The average Bonchev–Trinajstić information content (AvgIpc) is 3.04. The van der Waals surface area contributed by atoms with Gasteiger partial charge in [-0.2, -0.15) is 0 Å². The number of carbonyl (C=O) groups excluding carboxylic acids is 2. The highest BCUT2D eigenvalue weighted by molar-refractivity contribution is 8.73. The molecule has 0 spiro atoms. The van der Waals surface area contributed by atoms with E-state index in [1.165, 1.54) is 4.57 Å². The Balaban J connectivity index is 2.63. The maximum atomic E-state index is 13.2. The molecule has 1 heterocycles. The van der Waals surface area contributed by atoms with Gasteiger partial charge in [-0.3, -0.25) is 4.79 Å². The zero-order chi connectivity index (χ0) is 19.2. The SMILES string of the molecule is CCS(C)(C)(C(N)=O)(c1ccccc1)c1nc2ccccc2n1C(N)=O. The fourth-order valence-corrected chi connectivity index (χ4v) is 7.37. The van der Waals surface area contributed by atoms with Crippen molar-refractivity contribution < 1.29 is 9.59 Å². The average molecular weight is 372 g/mol. The molecule has 0 radical (unpaired) electrons. The third-order valence-corrected chi connectivity index (χ3v) is 13.0. The highest BCUT2D eigenvalue weighted by Crippen LogP contribution is 2.93. The van der Waals surface area contributed by atoms with Gasteiger partial charge < -0.3 is 11.5 Å². The number of aromatic nitrogens is 2. The Morgan fingerprint density at radius 2 is 1.58 bits per heavy atom. The number of benzene rings is 2. The van der Waals surface area contributed by atoms with Gasteiger partial charge in [-0.15, -0.1) is 8.29 Å². The number of fused-ring (bicyclic) bond motifs is 1. The minimum absolute atomic E-state index is 0.333. The van der Waals surface area contributed by atoms with Crippen molar-refractivity contribution >= 4 is 30.6 Å². The minimum Gasteiger partial charge on any atom is -0.362 e. The lowest BCUT2D eigenvalue weighted by atomic mass is 10.3. The second-order valence-electron chi connectivity index (χ2n) is 7.43. The van der Waals surface area contributed by atoms with Gasteiger partial charge in [0.2, 0.25) is 0 Å². The standard InChI is InChI=1S/C19H24N4O2S/c1-4-26(2,3,18(21)25,14-10-6-5-7-11-14)19-22-15-12-8-9-13-16(15)23(19)17(20)24/h5-13H,4H2,1-3H3,(H2,20,24)(H2,21,25). The van der Waals surface area contributed by atoms with Gasteiger partial charge in [0.15, 0.2) is 5.16 Å². The minimum atomic E-state index is -4.07. The number of primary amides is 2. The highest BCUT2D eigenvalue weighted by atomic mass is 32.4. The van der Waals surface area contributed by atoms with Crippen LogP contribution in [0.5, 0.6) is 0 Å². The summed E-state index contributed by atoms with van der Waals surface area (Å²) in [4.78, 5) is 31.1. The fraction of sp³-hybridized carbons (Fsp3) is 0.211. The second-order valence-corrected chi connectivity index (χ2v) is 15.1. The van der Waals surface area contributed by atoms with Gasteiger partial charge in [-0.1, -0.05) is 49.4 Å². The van der Waals surface area contributed by atoms with Crippen LogP contribution < -0.4 is 11.5 Å². The van der Waals surface area contributed by atoms with Crippen LogP contribution in [-0.2, 0) is 0 Å². The summed E-state index contributed by atoms with van der Waals surface area (Å²) >= 11 is 0. The molecule has 0 bridgehead atoms. The van der Waals surface area contributed by atoms with Crippen LogP contribution in [0.3, 0.4) is 0 Å². The molecule has 0 saturated carbocycles. The van der Waals surface area contributed by atoms with E-state index >= 15 is 0 Å². The molecule has 0 saturated heterocycles. The first kappa shape index (κ1) is 18.0. The van der Waals surface area contributed by atoms with E-state index < -0.39 is 19.6 Å². The maximum absolute atomic E-state index is 13.2. The molecule has 1 aromatic heterocycles. The summed E-state index contributed by atoms with van der Waals surface area (Å²) in [6, 6.07) is 15.8. The van der Waals surface area contributed by atoms with Crippen molar-refractivity contribution in [3.63, 3.8) is 0 Å². The van der Waals surface area contributed by atoms with Crippen LogP contribution >= 0.6 is 8.29 Å². The van der Waals surface area contributed by atoms with Crippen molar-refractivity contribution in [3.05, 3.63) is 54.6 Å². The van der Waals surface area contributed by atoms with E-state index in [2.05, 4.69) is 0 Å². The number of amides is 2. The first-order valence-electron chi connectivity index (χ1n) is 8.27. The Kier molecular flexibility index (Phi) is 3.54. The number of hydrogen-bond donors (Lipinski definition) is 2. The van der Waals surface area contributed by atoms with Crippen LogP contribution in [0, 0.1) is 0 Å². The molecule has 7 heteroatoms. The number of rotatable bonds is 3. The van der Waals surface area contributed by atoms with Crippen molar-refractivity contribution in [1.29, 1.82) is 0 Å². The maximum Gasteiger partial charge on any atom is 0.325 e. The van der Waals surface area contributed by atoms with Gasteiger partial charge >= 0.3 is 6.03 Å². The van der Waals surface area contributed by atoms with Crippen molar-refractivity contribution in [2.24, 2.45) is 11.5 Å². The van der Waals surface area contributed by atoms with E-state index in [4.69, 9.17) is 16.5 Å². The molecule has 2 amide bonds. The number of para-hydroxylation sites is 2. The van der Waals surface area contributed by atoms with Crippen molar-refractivity contribution in [1.82, 2.24) is 9.55 Å². The predicted octanol–water partition coefficient (Wildman–Crippen LogP) is 3.62. The molecule has 0 unspecified atom stereocenters. The van der Waals surface area contributed by atoms with Gasteiger partial charge in [-0.05, 0) is 35.3 Å². The number of imidazole rings is 1. The third-order valence-electron chi connectivity index (χ3n) is 5.80. The van der Waals surface area contributed by atoms with E-state index in [9.17, 15) is 9.59 Å². The summed E-state index contributed by atoms with van der Waals surface area (Å²) in [5.41, 5.74) is 13.0. The molecule has 0 fully saturated rings. The summed E-state index contributed by atoms with van der Waals surface area (Å²) in [5, 5.41) is -0.156. The first-order chi connectivity index (χ1) is 12.1. The molecular formula is C19H24N4O2S. The molecule has 6 nitrogen and oxygen atoms in total. The number of hydrogen-bond acceptors (Lipinski definition) is 3. The molecule has 0 aliphatic carbocycles. The highest BCUT2D eigenvalue weighted by Gasteiger charge is 2.63. The number of carbonyl (C=O) groups is 2. The quantitative estimate of drug-likeness (QED) is 0.733. The lowest BCUT2D eigenvalue weighted by Crippen LogP contribution is -2.50. The normalized spacial score (nSPS) is 14.6. The molecule has 3 aromatic rings. The summed E-state index contributed by atoms with van der Waals surface area (Å²) < 4.78 is 1.35. The van der Waals surface area contributed by atoms with Crippen LogP contribution in [0.15, 0.2) is 64.6 Å². The van der Waals surface area contributed by atoms with Gasteiger partial charge in [0.25, 0.3) is 5.24 Å². The van der Waals surface area contributed by atoms with E-state index in [1.54, 1.807) is 18.2 Å². The molecule has 26 heavy (non-hydrogen) atoms. The van der Waals surface area contributed by atoms with Gasteiger partial charge in [0.1, 0.15) is 0 Å². The molecule has 2 aromatic carbocycles. The summed E-state index contributed by atoms with van der Waals surface area (Å²) in [6.07, 6.45) is 3.72. The fourth-order valence-electron chi connectivity index (χ4n) is 3.40. The molecule has 3 rings (SSSR count). The third kappa shape index (κ3) is 1.92. The number of nitrogens with two attached hydrogens (primary N) is 2. The van der Waals surface area contributed by atoms with E-state index in [1.807, 2.05) is 55.8 Å². The van der Waals surface area contributed by atoms with E-state index in [0.29, 0.717) is 21.9 Å². The molecule has 138 valence electrons. The van der Waals surface area contributed by atoms with Crippen LogP contribution in [-0.4, -0.2) is 39.1 Å². The second kappa shape index (κ2) is 5.11. The van der Waals surface area contributed by atoms with Crippen LogP contribution in [0.4, 0.5) is 9.59 Å². The molecule has 0 aliphatic heterocycles. The Bertz CT molecular complexity index is 1060. The number of nitrogens with zero attached hydrogens (tertiary/aromatic N) is 2. The van der Waals surface area contributed by atoms with Crippen LogP contribution in [0.2, 0.25) is 0 Å². The van der Waals surface area contributed by atoms with Crippen molar-refractivity contribution in [2.45, 2.75) is 17.0 Å². The lowest BCUT2D eigenvalue weighted by Gasteiger charge is -2.69. The van der Waals surface area contributed by atoms with Crippen molar-refractivity contribution in [3.8, 4) is 0 Å². The first-order valence-corrected chi connectivity index (χ1v) is 11.7. The lowest BCUT2D eigenvalue weighted by molar-refractivity contribution is 0.249.